The fourth-order valence-corrected chi connectivity index (χ4v) is 5.65. The Bertz CT molecular complexity index is 1550. The molecule has 0 radical (unpaired) electrons. The highest BCUT2D eigenvalue weighted by molar-refractivity contribution is 7.72. The van der Waals surface area contributed by atoms with Gasteiger partial charge < -0.3 is 10.1 Å². The first-order valence-electron chi connectivity index (χ1n) is 12.3. The highest BCUT2D eigenvalue weighted by Crippen LogP contribution is 2.35. The second-order valence-electron chi connectivity index (χ2n) is 9.68. The lowest BCUT2D eigenvalue weighted by Crippen LogP contribution is -2.26. The normalized spacial score (nSPS) is 17.8. The van der Waals surface area contributed by atoms with E-state index >= 15 is 0 Å². The van der Waals surface area contributed by atoms with Crippen molar-refractivity contribution >= 4 is 27.9 Å². The van der Waals surface area contributed by atoms with E-state index in [4.69, 9.17) is 4.74 Å². The van der Waals surface area contributed by atoms with Crippen LogP contribution in [0.25, 0.3) is 16.6 Å². The lowest BCUT2D eigenvalue weighted by molar-refractivity contribution is 0.136. The molecule has 4 aromatic heterocycles. The van der Waals surface area contributed by atoms with Crippen LogP contribution in [-0.2, 0) is 17.8 Å². The lowest BCUT2D eigenvalue weighted by Gasteiger charge is -2.28. The largest absolute Gasteiger partial charge is 0.488 e. The van der Waals surface area contributed by atoms with Crippen molar-refractivity contribution in [3.8, 4) is 16.9 Å². The van der Waals surface area contributed by atoms with E-state index in [9.17, 15) is 13.2 Å². The van der Waals surface area contributed by atoms with E-state index in [0.29, 0.717) is 17.2 Å². The third kappa shape index (κ3) is 5.66. The molecule has 1 aliphatic carbocycles. The van der Waals surface area contributed by atoms with E-state index in [0.717, 1.165) is 53.8 Å². The summed E-state index contributed by atoms with van der Waals surface area (Å²) < 4.78 is 31.6. The number of pyridine rings is 2. The molecule has 10 nitrogen and oxygen atoms in total. The van der Waals surface area contributed by atoms with Crippen molar-refractivity contribution in [1.29, 1.82) is 0 Å². The minimum atomic E-state index is -2.34. The third-order valence-corrected chi connectivity index (χ3v) is 7.59. The average molecular weight is 523 g/mol. The van der Waals surface area contributed by atoms with E-state index < -0.39 is 10.7 Å². The van der Waals surface area contributed by atoms with E-state index in [1.165, 1.54) is 4.68 Å². The van der Waals surface area contributed by atoms with Gasteiger partial charge in [-0.05, 0) is 75.3 Å². The molecule has 1 fully saturated rings. The van der Waals surface area contributed by atoms with Gasteiger partial charge in [0.2, 0.25) is 0 Å². The predicted molar refractivity (Wildman–Crippen MR) is 142 cm³/mol. The Morgan fingerprint density at radius 2 is 1.81 bits per heavy atom. The first kappa shape index (κ1) is 24.9. The second kappa shape index (κ2) is 10.3. The van der Waals surface area contributed by atoms with Gasteiger partial charge in [-0.2, -0.15) is 10.2 Å². The van der Waals surface area contributed by atoms with Crippen LogP contribution in [-0.4, -0.2) is 44.7 Å². The summed E-state index contributed by atoms with van der Waals surface area (Å²) in [7, 11) is -0.718. The Labute approximate surface area is 216 Å². The van der Waals surface area contributed by atoms with Gasteiger partial charge in [0.25, 0.3) is 5.56 Å². The molecule has 0 spiro atoms. The summed E-state index contributed by atoms with van der Waals surface area (Å²) in [5.74, 6) is 2.36. The molecular weight excluding hydrogens is 492 g/mol. The highest BCUT2D eigenvalue weighted by atomic mass is 32.2. The molecule has 0 saturated heterocycles. The first-order valence-corrected chi connectivity index (χ1v) is 13.7. The molecular formula is C26H30N6O4S. The van der Waals surface area contributed by atoms with E-state index in [2.05, 4.69) is 20.5 Å². The Kier molecular flexibility index (Phi) is 6.96. The summed E-state index contributed by atoms with van der Waals surface area (Å²) in [5, 5.41) is 12.0. The molecule has 0 aromatic carbocycles. The van der Waals surface area contributed by atoms with Crippen LogP contribution >= 0.6 is 0 Å². The molecule has 11 heteroatoms. The van der Waals surface area contributed by atoms with Crippen LogP contribution in [0.15, 0.2) is 47.5 Å². The van der Waals surface area contributed by atoms with Crippen LogP contribution in [0.3, 0.4) is 0 Å². The van der Waals surface area contributed by atoms with Crippen molar-refractivity contribution in [1.82, 2.24) is 24.4 Å². The monoisotopic (exact) mass is 522 g/mol. The zero-order valence-corrected chi connectivity index (χ0v) is 21.9. The molecule has 37 heavy (non-hydrogen) atoms. The third-order valence-electron chi connectivity index (χ3n) is 6.77. The van der Waals surface area contributed by atoms with Crippen molar-refractivity contribution in [2.24, 2.45) is 13.0 Å². The highest BCUT2D eigenvalue weighted by Gasteiger charge is 2.24. The van der Waals surface area contributed by atoms with E-state index in [1.54, 1.807) is 30.8 Å². The Morgan fingerprint density at radius 3 is 2.54 bits per heavy atom. The molecule has 0 amide bonds. The van der Waals surface area contributed by atoms with Crippen molar-refractivity contribution in [3.63, 3.8) is 0 Å². The minimum absolute atomic E-state index is 0.0383. The summed E-state index contributed by atoms with van der Waals surface area (Å²) in [4.78, 5) is 16.4. The molecule has 1 saturated carbocycles. The number of rotatable bonds is 7. The molecule has 0 atom stereocenters. The van der Waals surface area contributed by atoms with Gasteiger partial charge in [0.1, 0.15) is 16.5 Å². The molecule has 1 N–H and O–H groups in total. The number of nitrogens with one attached hydrogen (secondary N) is 1. The van der Waals surface area contributed by atoms with Crippen LogP contribution in [0.5, 0.6) is 5.75 Å². The first-order chi connectivity index (χ1) is 17.7. The van der Waals surface area contributed by atoms with Gasteiger partial charge in [-0.15, -0.1) is 0 Å². The van der Waals surface area contributed by atoms with Crippen LogP contribution in [0.4, 0.5) is 11.6 Å². The molecule has 0 aliphatic heterocycles. The van der Waals surface area contributed by atoms with Gasteiger partial charge in [0.05, 0.1) is 23.6 Å². The predicted octanol–water partition coefficient (Wildman–Crippen LogP) is 3.40. The van der Waals surface area contributed by atoms with Gasteiger partial charge in [0, 0.05) is 36.1 Å². The van der Waals surface area contributed by atoms with Gasteiger partial charge in [0.15, 0.2) is 11.6 Å². The van der Waals surface area contributed by atoms with Gasteiger partial charge in [-0.3, -0.25) is 9.78 Å². The number of fused-ring (bicyclic) bond motifs is 1. The number of aryl methyl sites for hydroxylation is 3. The quantitative estimate of drug-likeness (QED) is 0.355. The lowest BCUT2D eigenvalue weighted by atomic mass is 9.88. The Morgan fingerprint density at radius 1 is 1.05 bits per heavy atom. The number of nitrogens with zero attached hydrogens (tertiary/aromatic N) is 5. The fourth-order valence-electron chi connectivity index (χ4n) is 4.86. The SMILES string of the molecule is Cc1cc(-c2ccn3nc(Nc4cc(C)c(=O)n(C)n4)cc3c2)c(O[C@H]2CC[C@H](C[SH](=O)=O)CC2)cn1. The van der Waals surface area contributed by atoms with Crippen LogP contribution in [0.2, 0.25) is 0 Å². The molecule has 1 aliphatic rings. The number of hydrogen-bond donors (Lipinski definition) is 2. The summed E-state index contributed by atoms with van der Waals surface area (Å²) in [6.45, 7) is 3.70. The summed E-state index contributed by atoms with van der Waals surface area (Å²) in [6.07, 6.45) is 7.06. The number of ether oxygens (including phenoxy) is 1. The summed E-state index contributed by atoms with van der Waals surface area (Å²) in [6, 6.07) is 9.67. The standard InChI is InChI=1S/C26H30N6O4S/c1-16-10-24(29-31(3)26(16)33)28-25-13-20-12-19(8-9-32(20)30-25)22-11-17(2)27-14-23(22)36-21-6-4-18(5-7-21)15-37(34)35/h8-14,18,21,37H,4-7,15H2,1-3H3,(H,28,29,30)/t18-,21-. The summed E-state index contributed by atoms with van der Waals surface area (Å²) >= 11 is 0. The molecule has 0 bridgehead atoms. The minimum Gasteiger partial charge on any atom is -0.488 e. The summed E-state index contributed by atoms with van der Waals surface area (Å²) in [5.41, 5.74) is 4.16. The molecule has 4 aromatic rings. The van der Waals surface area contributed by atoms with Crippen molar-refractivity contribution in [2.45, 2.75) is 45.6 Å². The van der Waals surface area contributed by atoms with Gasteiger partial charge >= 0.3 is 0 Å². The number of aromatic nitrogens is 5. The smallest absolute Gasteiger partial charge is 0.269 e. The van der Waals surface area contributed by atoms with Crippen molar-refractivity contribution in [2.75, 3.05) is 11.1 Å². The molecule has 194 valence electrons. The fraction of sp³-hybridized carbons (Fsp3) is 0.385. The molecule has 0 unspecified atom stereocenters. The second-order valence-corrected chi connectivity index (χ2v) is 10.7. The van der Waals surface area contributed by atoms with E-state index in [1.807, 2.05) is 37.4 Å². The van der Waals surface area contributed by atoms with Crippen molar-refractivity contribution < 1.29 is 13.2 Å². The number of anilines is 2. The number of hydrogen-bond acceptors (Lipinski definition) is 8. The van der Waals surface area contributed by atoms with Gasteiger partial charge in [-0.1, -0.05) is 0 Å². The maximum atomic E-state index is 11.9. The average Bonchev–Trinajstić information content (AvgIpc) is 3.26. The van der Waals surface area contributed by atoms with Crippen LogP contribution in [0.1, 0.15) is 36.9 Å². The maximum Gasteiger partial charge on any atom is 0.269 e. The topological polar surface area (TPSA) is 120 Å². The zero-order chi connectivity index (χ0) is 26.1. The van der Waals surface area contributed by atoms with Crippen LogP contribution in [0, 0.1) is 19.8 Å². The maximum absolute atomic E-state index is 11.9. The van der Waals surface area contributed by atoms with Gasteiger partial charge in [-0.25, -0.2) is 17.6 Å². The molecule has 5 rings (SSSR count). The molecule has 4 heterocycles. The van der Waals surface area contributed by atoms with Crippen molar-refractivity contribution in [3.05, 3.63) is 64.3 Å². The Balaban J connectivity index is 1.38. The Hall–Kier alpha value is -3.73. The van der Waals surface area contributed by atoms with E-state index in [-0.39, 0.29) is 23.3 Å². The van der Waals surface area contributed by atoms with Crippen LogP contribution < -0.4 is 15.6 Å². The number of thiol groups is 1. The zero-order valence-electron chi connectivity index (χ0n) is 21.0.